The molecule has 0 aliphatic heterocycles. The quantitative estimate of drug-likeness (QED) is 0.560. The highest BCUT2D eigenvalue weighted by Crippen LogP contribution is 2.29. The normalized spacial score (nSPS) is 12.8. The van der Waals surface area contributed by atoms with Gasteiger partial charge in [-0.2, -0.15) is 13.2 Å². The molecule has 0 radical (unpaired) electrons. The molecule has 1 atom stereocenters. The second kappa shape index (κ2) is 11.2. The van der Waals surface area contributed by atoms with E-state index in [2.05, 4.69) is 5.32 Å². The molecule has 0 heterocycles. The van der Waals surface area contributed by atoms with Crippen LogP contribution in [-0.2, 0) is 25.2 Å². The van der Waals surface area contributed by atoms with Crippen LogP contribution in [0, 0.1) is 5.92 Å². The number of alkyl halides is 3. The fraction of sp³-hybridized carbons (Fsp3) is 0.591. The van der Waals surface area contributed by atoms with Crippen LogP contribution in [-0.4, -0.2) is 47.7 Å². The van der Waals surface area contributed by atoms with E-state index < -0.39 is 41.4 Å². The molecule has 0 fully saturated rings. The number of esters is 1. The first-order valence-corrected chi connectivity index (χ1v) is 10.3. The Labute approximate surface area is 186 Å². The summed E-state index contributed by atoms with van der Waals surface area (Å²) >= 11 is 0. The Morgan fingerprint density at radius 1 is 1.06 bits per heavy atom. The molecule has 1 rings (SSSR count). The van der Waals surface area contributed by atoms with Crippen LogP contribution in [0.4, 0.5) is 23.7 Å². The van der Waals surface area contributed by atoms with Gasteiger partial charge in [-0.1, -0.05) is 13.8 Å². The number of nitrogens with zero attached hydrogens (tertiary/aromatic N) is 1. The lowest BCUT2D eigenvalue weighted by Gasteiger charge is -2.28. The van der Waals surface area contributed by atoms with Crippen LogP contribution in [0.5, 0.6) is 0 Å². The molecule has 1 aromatic rings. The number of likely N-dealkylation sites (N-methyl/N-ethyl adjacent to an activating group) is 1. The molecular weight excluding hydrogens is 429 g/mol. The molecular formula is C22H31F3N2O5. The molecule has 7 nitrogen and oxygen atoms in total. The second-order valence-electron chi connectivity index (χ2n) is 8.66. The highest BCUT2D eigenvalue weighted by atomic mass is 19.4. The maximum Gasteiger partial charge on any atom is 0.416 e. The van der Waals surface area contributed by atoms with E-state index in [4.69, 9.17) is 9.47 Å². The van der Waals surface area contributed by atoms with Crippen molar-refractivity contribution >= 4 is 23.7 Å². The van der Waals surface area contributed by atoms with Crippen molar-refractivity contribution in [2.24, 2.45) is 5.92 Å². The van der Waals surface area contributed by atoms with Gasteiger partial charge < -0.3 is 14.4 Å². The molecule has 0 aromatic heterocycles. The highest BCUT2D eigenvalue weighted by molar-refractivity contribution is 5.90. The number of ether oxygens (including phenoxy) is 2. The van der Waals surface area contributed by atoms with E-state index in [0.29, 0.717) is 0 Å². The summed E-state index contributed by atoms with van der Waals surface area (Å²) in [4.78, 5) is 38.6. The minimum atomic E-state index is -4.49. The zero-order valence-corrected chi connectivity index (χ0v) is 19.2. The van der Waals surface area contributed by atoms with Crippen LogP contribution in [0.25, 0.3) is 0 Å². The van der Waals surface area contributed by atoms with Crippen LogP contribution in [0.2, 0.25) is 0 Å². The van der Waals surface area contributed by atoms with E-state index in [-0.39, 0.29) is 31.1 Å². The van der Waals surface area contributed by atoms with Gasteiger partial charge in [-0.3, -0.25) is 14.9 Å². The second-order valence-corrected chi connectivity index (χ2v) is 8.66. The fourth-order valence-electron chi connectivity index (χ4n) is 2.73. The summed E-state index contributed by atoms with van der Waals surface area (Å²) in [6.45, 7) is 10.4. The third-order valence-corrected chi connectivity index (χ3v) is 4.10. The van der Waals surface area contributed by atoms with Crippen molar-refractivity contribution in [2.75, 3.05) is 18.4 Å². The SMILES string of the molecule is CCN(CC(=O)OC(C)(C)C)C(=O)[C@H](CC(C)C)OC(=O)Nc1ccc(C(F)(F)F)cc1. The van der Waals surface area contributed by atoms with Crippen molar-refractivity contribution in [3.8, 4) is 0 Å². The number of carbonyl (C=O) groups excluding carboxylic acids is 3. The smallest absolute Gasteiger partial charge is 0.416 e. The number of benzene rings is 1. The van der Waals surface area contributed by atoms with Crippen molar-refractivity contribution in [1.29, 1.82) is 0 Å². The van der Waals surface area contributed by atoms with Crippen LogP contribution in [0.1, 0.15) is 53.5 Å². The van der Waals surface area contributed by atoms with Crippen LogP contribution < -0.4 is 5.32 Å². The molecule has 0 aliphatic carbocycles. The summed E-state index contributed by atoms with van der Waals surface area (Å²) in [5.41, 5.74) is -1.49. The Kier molecular flexibility index (Phi) is 9.53. The predicted molar refractivity (Wildman–Crippen MR) is 113 cm³/mol. The zero-order chi connectivity index (χ0) is 24.7. The van der Waals surface area contributed by atoms with Gasteiger partial charge in [0.05, 0.1) is 5.56 Å². The van der Waals surface area contributed by atoms with Crippen molar-refractivity contribution in [2.45, 2.75) is 65.8 Å². The van der Waals surface area contributed by atoms with Crippen molar-refractivity contribution in [3.05, 3.63) is 29.8 Å². The maximum absolute atomic E-state index is 12.9. The number of hydrogen-bond donors (Lipinski definition) is 1. The Bertz CT molecular complexity index is 786. The van der Waals surface area contributed by atoms with Gasteiger partial charge in [0.15, 0.2) is 6.10 Å². The van der Waals surface area contributed by atoms with E-state index in [9.17, 15) is 27.6 Å². The first-order valence-electron chi connectivity index (χ1n) is 10.3. The van der Waals surface area contributed by atoms with E-state index in [0.717, 1.165) is 24.3 Å². The summed E-state index contributed by atoms with van der Waals surface area (Å²) in [7, 11) is 0. The Morgan fingerprint density at radius 2 is 1.62 bits per heavy atom. The average molecular weight is 460 g/mol. The van der Waals surface area contributed by atoms with E-state index in [1.54, 1.807) is 27.7 Å². The van der Waals surface area contributed by atoms with Crippen molar-refractivity contribution in [1.82, 2.24) is 4.90 Å². The minimum Gasteiger partial charge on any atom is -0.459 e. The van der Waals surface area contributed by atoms with Gasteiger partial charge >= 0.3 is 18.2 Å². The third-order valence-electron chi connectivity index (χ3n) is 4.10. The topological polar surface area (TPSA) is 84.9 Å². The number of rotatable bonds is 8. The van der Waals surface area contributed by atoms with Gasteiger partial charge in [0.2, 0.25) is 0 Å². The highest BCUT2D eigenvalue weighted by Gasteiger charge is 2.31. The van der Waals surface area contributed by atoms with Gasteiger partial charge in [-0.15, -0.1) is 0 Å². The van der Waals surface area contributed by atoms with Gasteiger partial charge in [-0.25, -0.2) is 4.79 Å². The summed E-state index contributed by atoms with van der Waals surface area (Å²) in [5, 5.41) is 2.32. The van der Waals surface area contributed by atoms with E-state index in [1.165, 1.54) is 4.90 Å². The number of hydrogen-bond acceptors (Lipinski definition) is 5. The third kappa shape index (κ3) is 9.57. The lowest BCUT2D eigenvalue weighted by Crippen LogP contribution is -2.45. The van der Waals surface area contributed by atoms with Gasteiger partial charge in [0, 0.05) is 12.2 Å². The van der Waals surface area contributed by atoms with Crippen molar-refractivity contribution < 1.29 is 37.0 Å². The summed E-state index contributed by atoms with van der Waals surface area (Å²) < 4.78 is 48.5. The van der Waals surface area contributed by atoms with Gasteiger partial charge in [0.1, 0.15) is 12.1 Å². The lowest BCUT2D eigenvalue weighted by molar-refractivity contribution is -0.160. The molecule has 0 saturated carbocycles. The zero-order valence-electron chi connectivity index (χ0n) is 19.2. The van der Waals surface area contributed by atoms with Crippen LogP contribution >= 0.6 is 0 Å². The Hall–Kier alpha value is -2.78. The fourth-order valence-corrected chi connectivity index (χ4v) is 2.73. The molecule has 0 saturated heterocycles. The monoisotopic (exact) mass is 460 g/mol. The largest absolute Gasteiger partial charge is 0.459 e. The summed E-state index contributed by atoms with van der Waals surface area (Å²) in [6, 6.07) is 3.83. The molecule has 180 valence electrons. The average Bonchev–Trinajstić information content (AvgIpc) is 2.62. The lowest BCUT2D eigenvalue weighted by atomic mass is 10.0. The van der Waals surface area contributed by atoms with Crippen LogP contribution in [0.15, 0.2) is 24.3 Å². The Balaban J connectivity index is 2.86. The molecule has 0 aliphatic rings. The van der Waals surface area contributed by atoms with E-state index in [1.807, 2.05) is 13.8 Å². The van der Waals surface area contributed by atoms with Crippen molar-refractivity contribution in [3.63, 3.8) is 0 Å². The maximum atomic E-state index is 12.9. The number of halogens is 3. The molecule has 1 N–H and O–H groups in total. The number of carbonyl (C=O) groups is 3. The molecule has 0 spiro atoms. The standard InChI is InChI=1S/C22H31F3N2O5/c1-7-27(13-18(28)32-21(4,5)6)19(29)17(12-14(2)3)31-20(30)26-16-10-8-15(9-11-16)22(23,24)25/h8-11,14,17H,7,12-13H2,1-6H3,(H,26,30)/t17-/m0/s1. The number of amides is 2. The number of nitrogens with one attached hydrogen (secondary N) is 1. The molecule has 1 aromatic carbocycles. The van der Waals surface area contributed by atoms with Gasteiger partial charge in [0.25, 0.3) is 5.91 Å². The molecule has 0 unspecified atom stereocenters. The molecule has 2 amide bonds. The first-order chi connectivity index (χ1) is 14.6. The number of anilines is 1. The van der Waals surface area contributed by atoms with Gasteiger partial charge in [-0.05, 0) is 64.3 Å². The van der Waals surface area contributed by atoms with E-state index >= 15 is 0 Å². The molecule has 0 bridgehead atoms. The Morgan fingerprint density at radius 3 is 2.06 bits per heavy atom. The predicted octanol–water partition coefficient (Wildman–Crippen LogP) is 4.86. The van der Waals surface area contributed by atoms with Crippen LogP contribution in [0.3, 0.4) is 0 Å². The summed E-state index contributed by atoms with van der Waals surface area (Å²) in [5.74, 6) is -1.16. The first kappa shape index (κ1) is 27.3. The summed E-state index contributed by atoms with van der Waals surface area (Å²) in [6.07, 6.45) is -6.46. The molecule has 10 heteroatoms. The molecule has 32 heavy (non-hydrogen) atoms. The minimum absolute atomic E-state index is 0.0111.